The Morgan fingerprint density at radius 2 is 1.92 bits per heavy atom. The number of benzene rings is 2. The molecule has 0 radical (unpaired) electrons. The van der Waals surface area contributed by atoms with E-state index in [1.807, 2.05) is 6.07 Å². The van der Waals surface area contributed by atoms with Crippen LogP contribution in [0.1, 0.15) is 12.7 Å². The maximum absolute atomic E-state index is 12.5. The highest BCUT2D eigenvalue weighted by Crippen LogP contribution is 2.17. The average Bonchev–Trinajstić information content (AvgIpc) is 2.63. The molecule has 0 saturated carbocycles. The molecule has 1 amide bonds. The summed E-state index contributed by atoms with van der Waals surface area (Å²) < 4.78 is 5.64. The van der Waals surface area contributed by atoms with E-state index in [1.54, 1.807) is 56.4 Å². The van der Waals surface area contributed by atoms with Gasteiger partial charge in [0, 0.05) is 12.1 Å². The lowest BCUT2D eigenvalue weighted by molar-refractivity contribution is -0.137. The van der Waals surface area contributed by atoms with Gasteiger partial charge in [-0.15, -0.1) is 0 Å². The molecule has 134 valence electrons. The number of likely N-dealkylation sites (N-methyl/N-ethyl adjacent to an activating group) is 1. The first-order chi connectivity index (χ1) is 12.4. The summed E-state index contributed by atoms with van der Waals surface area (Å²) in [5.41, 5.74) is 0.370. The van der Waals surface area contributed by atoms with Gasteiger partial charge in [0.15, 0.2) is 6.10 Å². The molecule has 0 aliphatic heterocycles. The SMILES string of the molecule is C[C@H](Oc1ccc(Cl)cc1)C(=O)N(C)Cc1nc2ccccc2c(=O)[nH]1. The summed E-state index contributed by atoms with van der Waals surface area (Å²) in [6.07, 6.45) is -0.687. The van der Waals surface area contributed by atoms with E-state index < -0.39 is 6.10 Å². The molecule has 3 rings (SSSR count). The van der Waals surface area contributed by atoms with Crippen LogP contribution in [-0.2, 0) is 11.3 Å². The van der Waals surface area contributed by atoms with Gasteiger partial charge in [-0.1, -0.05) is 23.7 Å². The molecular formula is C19H18ClN3O3. The van der Waals surface area contributed by atoms with E-state index in [4.69, 9.17) is 16.3 Å². The van der Waals surface area contributed by atoms with Crippen molar-refractivity contribution in [2.24, 2.45) is 0 Å². The average molecular weight is 372 g/mol. The van der Waals surface area contributed by atoms with E-state index >= 15 is 0 Å². The number of fused-ring (bicyclic) bond motifs is 1. The lowest BCUT2D eigenvalue weighted by Gasteiger charge is -2.21. The van der Waals surface area contributed by atoms with Crippen LogP contribution in [0.5, 0.6) is 5.75 Å². The van der Waals surface area contributed by atoms with E-state index in [9.17, 15) is 9.59 Å². The first-order valence-corrected chi connectivity index (χ1v) is 8.47. The van der Waals surface area contributed by atoms with Crippen molar-refractivity contribution < 1.29 is 9.53 Å². The van der Waals surface area contributed by atoms with Crippen molar-refractivity contribution in [3.05, 3.63) is 69.7 Å². The van der Waals surface area contributed by atoms with E-state index in [2.05, 4.69) is 9.97 Å². The van der Waals surface area contributed by atoms with E-state index in [-0.39, 0.29) is 18.0 Å². The summed E-state index contributed by atoms with van der Waals surface area (Å²) in [4.78, 5) is 33.2. The third kappa shape index (κ3) is 4.03. The molecule has 6 nitrogen and oxygen atoms in total. The van der Waals surface area contributed by atoms with Gasteiger partial charge >= 0.3 is 0 Å². The fourth-order valence-electron chi connectivity index (χ4n) is 2.59. The maximum atomic E-state index is 12.5. The largest absolute Gasteiger partial charge is 0.481 e. The number of amides is 1. The summed E-state index contributed by atoms with van der Waals surface area (Å²) in [6, 6.07) is 13.9. The second-order valence-electron chi connectivity index (χ2n) is 5.94. The molecule has 0 saturated heterocycles. The number of carbonyl (C=O) groups excluding carboxylic acids is 1. The number of carbonyl (C=O) groups is 1. The minimum Gasteiger partial charge on any atom is -0.481 e. The highest BCUT2D eigenvalue weighted by molar-refractivity contribution is 6.30. The summed E-state index contributed by atoms with van der Waals surface area (Å²) in [6.45, 7) is 1.84. The number of hydrogen-bond acceptors (Lipinski definition) is 4. The molecule has 0 aliphatic rings. The Hall–Kier alpha value is -2.86. The molecule has 26 heavy (non-hydrogen) atoms. The quantitative estimate of drug-likeness (QED) is 0.748. The first-order valence-electron chi connectivity index (χ1n) is 8.09. The molecule has 1 aromatic heterocycles. The molecule has 1 N–H and O–H groups in total. The van der Waals surface area contributed by atoms with Gasteiger partial charge in [0.25, 0.3) is 11.5 Å². The van der Waals surface area contributed by atoms with E-state index in [0.29, 0.717) is 27.5 Å². The van der Waals surface area contributed by atoms with Gasteiger partial charge in [-0.25, -0.2) is 4.98 Å². The predicted molar refractivity (Wildman–Crippen MR) is 100 cm³/mol. The molecular weight excluding hydrogens is 354 g/mol. The summed E-state index contributed by atoms with van der Waals surface area (Å²) >= 11 is 5.84. The molecule has 0 spiro atoms. The van der Waals surface area contributed by atoms with Crippen LogP contribution in [-0.4, -0.2) is 33.9 Å². The lowest BCUT2D eigenvalue weighted by atomic mass is 10.2. The number of para-hydroxylation sites is 1. The lowest BCUT2D eigenvalue weighted by Crippen LogP contribution is -2.38. The van der Waals surface area contributed by atoms with Gasteiger partial charge in [-0.05, 0) is 43.3 Å². The van der Waals surface area contributed by atoms with Crippen LogP contribution in [0.3, 0.4) is 0 Å². The van der Waals surface area contributed by atoms with Crippen molar-refractivity contribution in [2.75, 3.05) is 7.05 Å². The van der Waals surface area contributed by atoms with E-state index in [1.165, 1.54) is 4.90 Å². The van der Waals surface area contributed by atoms with Crippen LogP contribution >= 0.6 is 11.6 Å². The number of ether oxygens (including phenoxy) is 1. The second-order valence-corrected chi connectivity index (χ2v) is 6.37. The van der Waals surface area contributed by atoms with Crippen LogP contribution in [0, 0.1) is 0 Å². The Morgan fingerprint density at radius 3 is 2.65 bits per heavy atom. The molecule has 7 heteroatoms. The Labute approximate surface area is 155 Å². The minimum atomic E-state index is -0.687. The third-order valence-corrected chi connectivity index (χ3v) is 4.15. The van der Waals surface area contributed by atoms with Crippen molar-refractivity contribution >= 4 is 28.4 Å². The number of H-pyrrole nitrogens is 1. The number of aromatic nitrogens is 2. The number of halogens is 1. The highest BCUT2D eigenvalue weighted by Gasteiger charge is 2.20. The number of nitrogens with one attached hydrogen (secondary N) is 1. The third-order valence-electron chi connectivity index (χ3n) is 3.90. The topological polar surface area (TPSA) is 75.3 Å². The predicted octanol–water partition coefficient (Wildman–Crippen LogP) is 3.00. The Bertz CT molecular complexity index is 985. The zero-order valence-corrected chi connectivity index (χ0v) is 15.2. The summed E-state index contributed by atoms with van der Waals surface area (Å²) in [7, 11) is 1.64. The standard InChI is InChI=1S/C19H18ClN3O3/c1-12(26-14-9-7-13(20)8-10-14)19(25)23(2)11-17-21-16-6-4-3-5-15(16)18(24)22-17/h3-10,12H,11H2,1-2H3,(H,21,22,24)/t12-/m0/s1. The Morgan fingerprint density at radius 1 is 1.23 bits per heavy atom. The fourth-order valence-corrected chi connectivity index (χ4v) is 2.72. The van der Waals surface area contributed by atoms with E-state index in [0.717, 1.165) is 0 Å². The Kier molecular flexibility index (Phi) is 5.23. The normalized spacial score (nSPS) is 12.0. The monoisotopic (exact) mass is 371 g/mol. The van der Waals surface area contributed by atoms with Gasteiger partial charge < -0.3 is 14.6 Å². The van der Waals surface area contributed by atoms with Crippen LogP contribution < -0.4 is 10.3 Å². The molecule has 2 aromatic carbocycles. The van der Waals surface area contributed by atoms with Crippen molar-refractivity contribution in [1.29, 1.82) is 0 Å². The molecule has 0 fully saturated rings. The van der Waals surface area contributed by atoms with Crippen LogP contribution in [0.25, 0.3) is 10.9 Å². The van der Waals surface area contributed by atoms with Gasteiger partial charge in [0.1, 0.15) is 11.6 Å². The number of rotatable bonds is 5. The maximum Gasteiger partial charge on any atom is 0.263 e. The molecule has 0 aliphatic carbocycles. The molecule has 1 atom stereocenters. The van der Waals surface area contributed by atoms with Gasteiger partial charge in [-0.3, -0.25) is 9.59 Å². The zero-order chi connectivity index (χ0) is 18.7. The van der Waals surface area contributed by atoms with Crippen molar-refractivity contribution in [2.45, 2.75) is 19.6 Å². The molecule has 3 aromatic rings. The fraction of sp³-hybridized carbons (Fsp3) is 0.211. The first kappa shape index (κ1) is 17.9. The highest BCUT2D eigenvalue weighted by atomic mass is 35.5. The zero-order valence-electron chi connectivity index (χ0n) is 14.4. The molecule has 1 heterocycles. The molecule has 0 unspecified atom stereocenters. The number of hydrogen-bond donors (Lipinski definition) is 1. The van der Waals surface area contributed by atoms with Crippen molar-refractivity contribution in [3.8, 4) is 5.75 Å². The van der Waals surface area contributed by atoms with Gasteiger partial charge in [-0.2, -0.15) is 0 Å². The molecule has 0 bridgehead atoms. The van der Waals surface area contributed by atoms with Crippen LogP contribution in [0.4, 0.5) is 0 Å². The minimum absolute atomic E-state index is 0.174. The van der Waals surface area contributed by atoms with Crippen molar-refractivity contribution in [1.82, 2.24) is 14.9 Å². The van der Waals surface area contributed by atoms with Crippen molar-refractivity contribution in [3.63, 3.8) is 0 Å². The second kappa shape index (κ2) is 7.58. The van der Waals surface area contributed by atoms with Crippen LogP contribution in [0.2, 0.25) is 5.02 Å². The van der Waals surface area contributed by atoms with Gasteiger partial charge in [0.05, 0.1) is 17.4 Å². The smallest absolute Gasteiger partial charge is 0.263 e. The summed E-state index contributed by atoms with van der Waals surface area (Å²) in [5.74, 6) is 0.750. The summed E-state index contributed by atoms with van der Waals surface area (Å²) in [5, 5.41) is 1.12. The number of aromatic amines is 1. The number of nitrogens with zero attached hydrogens (tertiary/aromatic N) is 2. The van der Waals surface area contributed by atoms with Crippen LogP contribution in [0.15, 0.2) is 53.3 Å². The van der Waals surface area contributed by atoms with Gasteiger partial charge in [0.2, 0.25) is 0 Å². The Balaban J connectivity index is 1.70.